The molecule has 266 valence electrons. The number of aromatic nitrogens is 3. The van der Waals surface area contributed by atoms with E-state index in [4.69, 9.17) is 15.0 Å². The highest BCUT2D eigenvalue weighted by molar-refractivity contribution is 7.27. The van der Waals surface area contributed by atoms with Crippen molar-refractivity contribution < 1.29 is 0 Å². The smallest absolute Gasteiger partial charge is 0.164 e. The fourth-order valence-corrected chi connectivity index (χ4v) is 11.9. The summed E-state index contributed by atoms with van der Waals surface area (Å²) in [5.41, 5.74) is 7.94. The van der Waals surface area contributed by atoms with Crippen molar-refractivity contribution in [1.82, 2.24) is 15.0 Å². The topological polar surface area (TPSA) is 38.7 Å². The molecule has 6 heteroatoms. The van der Waals surface area contributed by atoms with Crippen LogP contribution in [0.25, 0.3) is 117 Å². The summed E-state index contributed by atoms with van der Waals surface area (Å²) in [7, 11) is 0. The monoisotopic (exact) mass is 779 g/mol. The first-order valence-electron chi connectivity index (χ1n) is 18.9. The lowest BCUT2D eigenvalue weighted by Gasteiger charge is -2.12. The van der Waals surface area contributed by atoms with Gasteiger partial charge < -0.3 is 0 Å². The molecule has 12 rings (SSSR count). The number of benzene rings is 8. The van der Waals surface area contributed by atoms with Crippen LogP contribution in [-0.4, -0.2) is 15.0 Å². The van der Waals surface area contributed by atoms with Gasteiger partial charge in [0.1, 0.15) is 0 Å². The summed E-state index contributed by atoms with van der Waals surface area (Å²) >= 11 is 5.61. The zero-order chi connectivity index (χ0) is 37.5. The van der Waals surface area contributed by atoms with Crippen LogP contribution in [0.5, 0.6) is 0 Å². The van der Waals surface area contributed by atoms with Gasteiger partial charge in [0.05, 0.1) is 0 Å². The van der Waals surface area contributed by atoms with Crippen LogP contribution >= 0.6 is 34.0 Å². The van der Waals surface area contributed by atoms with Crippen molar-refractivity contribution in [2.75, 3.05) is 0 Å². The van der Waals surface area contributed by atoms with E-state index in [0.717, 1.165) is 16.7 Å². The maximum Gasteiger partial charge on any atom is 0.164 e. The third kappa shape index (κ3) is 5.33. The minimum absolute atomic E-state index is 0.663. The Labute approximate surface area is 339 Å². The molecule has 0 atom stereocenters. The molecule has 4 aromatic heterocycles. The summed E-state index contributed by atoms with van der Waals surface area (Å²) in [6.45, 7) is 0. The van der Waals surface area contributed by atoms with Crippen LogP contribution in [0.2, 0.25) is 0 Å². The fraction of sp³-hybridized carbons (Fsp3) is 0. The Bertz CT molecular complexity index is 3470. The summed E-state index contributed by atoms with van der Waals surface area (Å²) in [5, 5.41) is 7.77. The third-order valence-electron chi connectivity index (χ3n) is 10.9. The van der Waals surface area contributed by atoms with Gasteiger partial charge in [-0.25, -0.2) is 15.0 Å². The molecule has 0 fully saturated rings. The number of nitrogens with zero attached hydrogens (tertiary/aromatic N) is 3. The number of hydrogen-bond donors (Lipinski definition) is 0. The molecule has 3 nitrogen and oxygen atoms in total. The maximum atomic E-state index is 5.04. The van der Waals surface area contributed by atoms with E-state index in [-0.39, 0.29) is 0 Å². The zero-order valence-electron chi connectivity index (χ0n) is 30.3. The van der Waals surface area contributed by atoms with Crippen molar-refractivity contribution in [3.63, 3.8) is 0 Å². The quantitative estimate of drug-likeness (QED) is 0.175. The molecule has 0 unspecified atom stereocenters. The Morgan fingerprint density at radius 3 is 1.51 bits per heavy atom. The fourth-order valence-electron chi connectivity index (χ4n) is 8.32. The number of rotatable bonds is 5. The molecule has 0 aliphatic carbocycles. The highest BCUT2D eigenvalue weighted by atomic mass is 32.1. The average Bonchev–Trinajstić information content (AvgIpc) is 3.97. The predicted octanol–water partition coefficient (Wildman–Crippen LogP) is 15.3. The lowest BCUT2D eigenvalue weighted by Crippen LogP contribution is -1.99. The second-order valence-corrected chi connectivity index (χ2v) is 17.5. The zero-order valence-corrected chi connectivity index (χ0v) is 32.8. The van der Waals surface area contributed by atoms with Crippen molar-refractivity contribution in [2.24, 2.45) is 0 Å². The molecule has 0 spiro atoms. The second kappa shape index (κ2) is 13.0. The predicted molar refractivity (Wildman–Crippen MR) is 246 cm³/mol. The Kier molecular flexibility index (Phi) is 7.45. The van der Waals surface area contributed by atoms with Crippen LogP contribution in [-0.2, 0) is 0 Å². The minimum Gasteiger partial charge on any atom is -0.208 e. The number of fused-ring (bicyclic) bond motifs is 9. The Hall–Kier alpha value is -6.57. The van der Waals surface area contributed by atoms with Crippen LogP contribution in [0.15, 0.2) is 176 Å². The second-order valence-electron chi connectivity index (χ2n) is 14.3. The van der Waals surface area contributed by atoms with E-state index in [2.05, 4.69) is 140 Å². The Morgan fingerprint density at radius 1 is 0.281 bits per heavy atom. The van der Waals surface area contributed by atoms with E-state index in [9.17, 15) is 0 Å². The molecule has 8 aromatic carbocycles. The van der Waals surface area contributed by atoms with Gasteiger partial charge in [0.25, 0.3) is 0 Å². The molecule has 4 heterocycles. The number of hydrogen-bond acceptors (Lipinski definition) is 6. The molecule has 0 aliphatic rings. The average molecular weight is 780 g/mol. The molecule has 57 heavy (non-hydrogen) atoms. The van der Waals surface area contributed by atoms with Crippen LogP contribution in [0.3, 0.4) is 0 Å². The lowest BCUT2D eigenvalue weighted by molar-refractivity contribution is 1.07. The molecule has 0 bridgehead atoms. The molecule has 12 aromatic rings. The first-order chi connectivity index (χ1) is 28.2. The van der Waals surface area contributed by atoms with Crippen molar-refractivity contribution >= 4 is 94.5 Å². The summed E-state index contributed by atoms with van der Waals surface area (Å²) in [6.07, 6.45) is 0. The standard InChI is InChI=1S/C51H29N3S3/c1-3-13-30(14-4-1)49-52-50(31-15-5-2-6-16-31)54-51(53-49)32-25-26-35-36-20-11-21-37(48(36)57-44(35)28-32)40-27-33(29-45-47(40)39-18-8-10-23-42(39)56-45)34-19-12-24-43-46(34)38-17-7-9-22-41(38)55-43/h1-29H. The first-order valence-corrected chi connectivity index (χ1v) is 21.4. The number of thiophene rings is 3. The van der Waals surface area contributed by atoms with E-state index in [1.165, 1.54) is 82.8 Å². The van der Waals surface area contributed by atoms with Crippen molar-refractivity contribution in [2.45, 2.75) is 0 Å². The maximum absolute atomic E-state index is 5.04. The minimum atomic E-state index is 0.663. The molecular formula is C51H29N3S3. The molecule has 0 saturated carbocycles. The van der Waals surface area contributed by atoms with Gasteiger partial charge in [-0.2, -0.15) is 0 Å². The van der Waals surface area contributed by atoms with Gasteiger partial charge in [0.2, 0.25) is 0 Å². The van der Waals surface area contributed by atoms with Crippen LogP contribution < -0.4 is 0 Å². The molecular weight excluding hydrogens is 751 g/mol. The van der Waals surface area contributed by atoms with Crippen molar-refractivity contribution in [1.29, 1.82) is 0 Å². The summed E-state index contributed by atoms with van der Waals surface area (Å²) in [5.74, 6) is 1.99. The van der Waals surface area contributed by atoms with Crippen molar-refractivity contribution in [3.05, 3.63) is 176 Å². The Balaban J connectivity index is 1.07. The van der Waals surface area contributed by atoms with Crippen molar-refractivity contribution in [3.8, 4) is 56.4 Å². The summed E-state index contributed by atoms with van der Waals surface area (Å²) < 4.78 is 7.73. The van der Waals surface area contributed by atoms with E-state index < -0.39 is 0 Å². The van der Waals surface area contributed by atoms with Gasteiger partial charge in [-0.15, -0.1) is 34.0 Å². The van der Waals surface area contributed by atoms with Gasteiger partial charge in [0.15, 0.2) is 17.5 Å². The van der Waals surface area contributed by atoms with Crippen LogP contribution in [0, 0.1) is 0 Å². The van der Waals surface area contributed by atoms with Gasteiger partial charge in [-0.3, -0.25) is 0 Å². The van der Waals surface area contributed by atoms with Gasteiger partial charge in [0, 0.05) is 82.8 Å². The SMILES string of the molecule is c1ccc(-c2nc(-c3ccccc3)nc(-c3ccc4c(c3)sc3c(-c5cc(-c6cccc7sc8ccccc8c67)cc6sc7ccccc7c56)cccc34)n2)cc1. The molecule has 0 N–H and O–H groups in total. The summed E-state index contributed by atoms with van der Waals surface area (Å²) in [6, 6.07) is 63.1. The molecule has 0 aliphatic heterocycles. The largest absolute Gasteiger partial charge is 0.208 e. The molecule has 0 amide bonds. The summed E-state index contributed by atoms with van der Waals surface area (Å²) in [4.78, 5) is 15.0. The van der Waals surface area contributed by atoms with Gasteiger partial charge in [-0.05, 0) is 53.1 Å². The van der Waals surface area contributed by atoms with Crippen LogP contribution in [0.4, 0.5) is 0 Å². The van der Waals surface area contributed by atoms with Gasteiger partial charge in [-0.1, -0.05) is 140 Å². The van der Waals surface area contributed by atoms with E-state index in [1.54, 1.807) is 0 Å². The van der Waals surface area contributed by atoms with E-state index in [0.29, 0.717) is 17.5 Å². The van der Waals surface area contributed by atoms with Gasteiger partial charge >= 0.3 is 0 Å². The normalized spacial score (nSPS) is 11.9. The highest BCUT2D eigenvalue weighted by Gasteiger charge is 2.20. The third-order valence-corrected chi connectivity index (χ3v) is 14.4. The Morgan fingerprint density at radius 2 is 0.807 bits per heavy atom. The first kappa shape index (κ1) is 32.7. The lowest BCUT2D eigenvalue weighted by atomic mass is 9.92. The molecule has 0 radical (unpaired) electrons. The van der Waals surface area contributed by atoms with E-state index in [1.807, 2.05) is 70.4 Å². The highest BCUT2D eigenvalue weighted by Crippen LogP contribution is 2.49. The van der Waals surface area contributed by atoms with Crippen LogP contribution in [0.1, 0.15) is 0 Å². The van der Waals surface area contributed by atoms with E-state index >= 15 is 0 Å². The molecule has 0 saturated heterocycles.